The van der Waals surface area contributed by atoms with Crippen LogP contribution in [0.5, 0.6) is 40.2 Å². The lowest BCUT2D eigenvalue weighted by Gasteiger charge is -2.25. The molecule has 0 amide bonds. The van der Waals surface area contributed by atoms with E-state index < -0.39 is 18.8 Å². The van der Waals surface area contributed by atoms with Gasteiger partial charge in [0.05, 0.1) is 60.5 Å². The standard InChI is InChI=1S/C31H36O11/c1-36-23-9-16(5-7-21(23)33)28(34)27(13-32)42-22-8-6-17(10-24(22)37-2)30-19-14-41-31(20(19)15-40-30)18-11-25(38-3)29(35)26(12-18)39-4/h5-12,19-20,27-28,30-35H,13-15H2,1-4H3/t19-,20-,27-,28+,30+,31+/m1/s1. The molecule has 0 bridgehead atoms. The normalized spacial score (nSPS) is 22.7. The molecule has 0 aromatic heterocycles. The van der Waals surface area contributed by atoms with Crippen LogP contribution >= 0.6 is 0 Å². The second-order valence-electron chi connectivity index (χ2n) is 10.2. The fourth-order valence-corrected chi connectivity index (χ4v) is 5.73. The third-order valence-electron chi connectivity index (χ3n) is 7.97. The first-order chi connectivity index (χ1) is 20.3. The van der Waals surface area contributed by atoms with Gasteiger partial charge in [0.15, 0.2) is 40.6 Å². The van der Waals surface area contributed by atoms with Crippen LogP contribution in [0.2, 0.25) is 0 Å². The van der Waals surface area contributed by atoms with E-state index in [-0.39, 0.29) is 41.3 Å². The molecule has 2 heterocycles. The number of benzene rings is 3. The zero-order chi connectivity index (χ0) is 30.0. The van der Waals surface area contributed by atoms with E-state index in [0.717, 1.165) is 11.1 Å². The highest BCUT2D eigenvalue weighted by molar-refractivity contribution is 5.53. The van der Waals surface area contributed by atoms with Gasteiger partial charge in [-0.1, -0.05) is 12.1 Å². The van der Waals surface area contributed by atoms with E-state index in [2.05, 4.69) is 0 Å². The Morgan fingerprint density at radius 1 is 0.714 bits per heavy atom. The summed E-state index contributed by atoms with van der Waals surface area (Å²) in [6.07, 6.45) is -2.75. The van der Waals surface area contributed by atoms with Crippen molar-refractivity contribution in [1.29, 1.82) is 0 Å². The van der Waals surface area contributed by atoms with Crippen molar-refractivity contribution in [2.75, 3.05) is 48.3 Å². The Labute approximate surface area is 243 Å². The summed E-state index contributed by atoms with van der Waals surface area (Å²) in [5.41, 5.74) is 2.12. The fraction of sp³-hybridized carbons (Fsp3) is 0.419. The molecule has 2 aliphatic rings. The molecule has 2 fully saturated rings. The smallest absolute Gasteiger partial charge is 0.200 e. The lowest BCUT2D eigenvalue weighted by Crippen LogP contribution is -2.29. The summed E-state index contributed by atoms with van der Waals surface area (Å²) in [6, 6.07) is 13.4. The molecule has 5 rings (SSSR count). The van der Waals surface area contributed by atoms with Crippen LogP contribution < -0.4 is 23.7 Å². The van der Waals surface area contributed by atoms with Crippen molar-refractivity contribution in [2.24, 2.45) is 11.8 Å². The number of fused-ring (bicyclic) bond motifs is 1. The van der Waals surface area contributed by atoms with E-state index >= 15 is 0 Å². The maximum Gasteiger partial charge on any atom is 0.200 e. The summed E-state index contributed by atoms with van der Waals surface area (Å²) < 4.78 is 39.9. The van der Waals surface area contributed by atoms with Gasteiger partial charge in [-0.15, -0.1) is 0 Å². The van der Waals surface area contributed by atoms with Gasteiger partial charge in [0.2, 0.25) is 5.75 Å². The molecule has 6 atom stereocenters. The molecule has 4 N–H and O–H groups in total. The Morgan fingerprint density at radius 3 is 1.86 bits per heavy atom. The lowest BCUT2D eigenvalue weighted by atomic mass is 9.84. The van der Waals surface area contributed by atoms with Gasteiger partial charge < -0.3 is 53.6 Å². The van der Waals surface area contributed by atoms with Crippen LogP contribution in [0.1, 0.15) is 35.0 Å². The van der Waals surface area contributed by atoms with Crippen molar-refractivity contribution in [1.82, 2.24) is 0 Å². The first-order valence-corrected chi connectivity index (χ1v) is 13.5. The molecule has 3 aromatic carbocycles. The lowest BCUT2D eigenvalue weighted by molar-refractivity contribution is -0.000695. The van der Waals surface area contributed by atoms with Crippen LogP contribution in [0, 0.1) is 11.8 Å². The van der Waals surface area contributed by atoms with Crippen LogP contribution in [0.3, 0.4) is 0 Å². The molecule has 0 unspecified atom stereocenters. The predicted octanol–water partition coefficient (Wildman–Crippen LogP) is 3.68. The number of hydrogen-bond donors (Lipinski definition) is 4. The number of aliphatic hydroxyl groups excluding tert-OH is 2. The third-order valence-corrected chi connectivity index (χ3v) is 7.97. The number of aromatic hydroxyl groups is 2. The Kier molecular flexibility index (Phi) is 8.83. The van der Waals surface area contributed by atoms with E-state index in [9.17, 15) is 20.4 Å². The Hall–Kier alpha value is -3.90. The topological polar surface area (TPSA) is 146 Å². The highest BCUT2D eigenvalue weighted by Gasteiger charge is 2.48. The van der Waals surface area contributed by atoms with E-state index in [1.54, 1.807) is 18.2 Å². The summed E-state index contributed by atoms with van der Waals surface area (Å²) in [5, 5.41) is 41.1. The molecule has 226 valence electrons. The third kappa shape index (κ3) is 5.48. The Morgan fingerprint density at radius 2 is 1.29 bits per heavy atom. The van der Waals surface area contributed by atoms with E-state index in [0.29, 0.717) is 41.8 Å². The van der Waals surface area contributed by atoms with Gasteiger partial charge in [-0.05, 0) is 53.1 Å². The maximum absolute atomic E-state index is 10.9. The summed E-state index contributed by atoms with van der Waals surface area (Å²) in [6.45, 7) is 0.470. The number of phenolic OH excluding ortho intramolecular Hbond substituents is 2. The molecule has 11 nitrogen and oxygen atoms in total. The van der Waals surface area contributed by atoms with Crippen molar-refractivity contribution >= 4 is 0 Å². The fourth-order valence-electron chi connectivity index (χ4n) is 5.73. The van der Waals surface area contributed by atoms with Crippen molar-refractivity contribution < 1.29 is 53.6 Å². The Balaban J connectivity index is 1.33. The SMILES string of the molecule is COc1cc([C@H](O)[C@@H](CO)Oc2ccc([C@@H]3OC[C@@H]4[C@H]3CO[C@H]4c3cc(OC)c(O)c(OC)c3)cc2OC)ccc1O. The molecular formula is C31H36O11. The average molecular weight is 585 g/mol. The Bertz CT molecular complexity index is 1370. The molecule has 0 radical (unpaired) electrons. The first-order valence-electron chi connectivity index (χ1n) is 13.5. The van der Waals surface area contributed by atoms with Gasteiger partial charge in [-0.3, -0.25) is 0 Å². The zero-order valence-electron chi connectivity index (χ0n) is 23.9. The first kappa shape index (κ1) is 29.6. The molecular weight excluding hydrogens is 548 g/mol. The number of ether oxygens (including phenoxy) is 7. The van der Waals surface area contributed by atoms with E-state index in [1.165, 1.54) is 46.6 Å². The highest BCUT2D eigenvalue weighted by atomic mass is 16.5. The molecule has 0 saturated carbocycles. The van der Waals surface area contributed by atoms with E-state index in [4.69, 9.17) is 33.2 Å². The summed E-state index contributed by atoms with van der Waals surface area (Å²) in [5.74, 6) is 1.56. The van der Waals surface area contributed by atoms with Crippen LogP contribution in [0.4, 0.5) is 0 Å². The van der Waals surface area contributed by atoms with E-state index in [1.807, 2.05) is 12.1 Å². The minimum absolute atomic E-state index is 0.0621. The molecule has 11 heteroatoms. The van der Waals surface area contributed by atoms with Gasteiger partial charge in [-0.25, -0.2) is 0 Å². The second-order valence-corrected chi connectivity index (χ2v) is 10.2. The quantitative estimate of drug-likeness (QED) is 0.262. The highest BCUT2D eigenvalue weighted by Crippen LogP contribution is 2.52. The maximum atomic E-state index is 10.9. The predicted molar refractivity (Wildman–Crippen MR) is 150 cm³/mol. The largest absolute Gasteiger partial charge is 0.504 e. The summed E-state index contributed by atoms with van der Waals surface area (Å²) in [7, 11) is 5.90. The van der Waals surface area contributed by atoms with Crippen LogP contribution in [-0.2, 0) is 9.47 Å². The average Bonchev–Trinajstić information content (AvgIpc) is 3.63. The van der Waals surface area contributed by atoms with Crippen LogP contribution in [-0.4, -0.2) is 74.8 Å². The van der Waals surface area contributed by atoms with Gasteiger partial charge in [0.1, 0.15) is 6.10 Å². The second kappa shape index (κ2) is 12.5. The molecule has 2 saturated heterocycles. The zero-order valence-corrected chi connectivity index (χ0v) is 23.9. The van der Waals surface area contributed by atoms with Crippen molar-refractivity contribution in [3.05, 3.63) is 65.2 Å². The van der Waals surface area contributed by atoms with Crippen molar-refractivity contribution in [3.63, 3.8) is 0 Å². The molecule has 3 aromatic rings. The molecule has 0 spiro atoms. The van der Waals surface area contributed by atoms with Gasteiger partial charge >= 0.3 is 0 Å². The molecule has 0 aliphatic carbocycles. The number of aliphatic hydroxyl groups is 2. The summed E-state index contributed by atoms with van der Waals surface area (Å²) >= 11 is 0. The van der Waals surface area contributed by atoms with Crippen LogP contribution in [0.15, 0.2) is 48.5 Å². The van der Waals surface area contributed by atoms with Crippen LogP contribution in [0.25, 0.3) is 0 Å². The summed E-state index contributed by atoms with van der Waals surface area (Å²) in [4.78, 5) is 0. The molecule has 2 aliphatic heterocycles. The number of hydrogen-bond acceptors (Lipinski definition) is 11. The van der Waals surface area contributed by atoms with Crippen molar-refractivity contribution in [3.8, 4) is 40.2 Å². The van der Waals surface area contributed by atoms with Gasteiger partial charge in [0, 0.05) is 11.8 Å². The number of methoxy groups -OCH3 is 4. The van der Waals surface area contributed by atoms with Gasteiger partial charge in [0.25, 0.3) is 0 Å². The van der Waals surface area contributed by atoms with Crippen molar-refractivity contribution in [2.45, 2.75) is 24.4 Å². The van der Waals surface area contributed by atoms with Gasteiger partial charge in [-0.2, -0.15) is 0 Å². The monoisotopic (exact) mass is 584 g/mol. The molecule has 42 heavy (non-hydrogen) atoms. The number of rotatable bonds is 11. The number of phenols is 2. The minimum Gasteiger partial charge on any atom is -0.504 e. The minimum atomic E-state index is -1.21.